The summed E-state index contributed by atoms with van der Waals surface area (Å²) < 4.78 is 12.1. The Bertz CT molecular complexity index is 578. The molecular weight excluding hydrogens is 353 g/mol. The van der Waals surface area contributed by atoms with Crippen LogP contribution in [0.4, 0.5) is 0 Å². The Kier molecular flexibility index (Phi) is 8.04. The lowest BCUT2D eigenvalue weighted by Gasteiger charge is -2.32. The molecule has 0 atom stereocenters. The lowest BCUT2D eigenvalue weighted by molar-refractivity contribution is 0.00578. The molecule has 0 unspecified atom stereocenters. The van der Waals surface area contributed by atoms with E-state index in [1.165, 1.54) is 11.0 Å². The highest BCUT2D eigenvalue weighted by Crippen LogP contribution is 2.39. The van der Waals surface area contributed by atoms with Crippen molar-refractivity contribution in [3.05, 3.63) is 23.2 Å². The molecule has 0 bridgehead atoms. The van der Waals surface area contributed by atoms with Gasteiger partial charge in [0.2, 0.25) is 0 Å². The molecule has 0 aromatic heterocycles. The lowest BCUT2D eigenvalue weighted by Crippen LogP contribution is -2.41. The van der Waals surface area contributed by atoms with Crippen LogP contribution in [0.5, 0.6) is 0 Å². The minimum absolute atomic E-state index is 0.230. The van der Waals surface area contributed by atoms with Crippen LogP contribution in [0.15, 0.2) is 23.2 Å². The van der Waals surface area contributed by atoms with Crippen molar-refractivity contribution in [2.24, 2.45) is 0 Å². The van der Waals surface area contributed by atoms with Gasteiger partial charge in [-0.3, -0.25) is 0 Å². The molecule has 28 heavy (non-hydrogen) atoms. The van der Waals surface area contributed by atoms with Crippen LogP contribution in [0, 0.1) is 0 Å². The molecule has 0 spiro atoms. The predicted molar refractivity (Wildman–Crippen MR) is 118 cm³/mol. The molecule has 3 rings (SSSR count). The van der Waals surface area contributed by atoms with Gasteiger partial charge < -0.3 is 29.0 Å². The molecule has 156 valence electrons. The maximum absolute atomic E-state index is 9.53. The molecule has 6 nitrogen and oxygen atoms in total. The Balaban J connectivity index is 0.000000237. The van der Waals surface area contributed by atoms with Gasteiger partial charge in [-0.25, -0.2) is 0 Å². The van der Waals surface area contributed by atoms with Crippen molar-refractivity contribution < 1.29 is 19.4 Å². The SMILES string of the molecule is CB(O)N1CC=C(B2OC(C)(C)C(C)(C)O2)CC1.CB(O)N1CC=C(C)CC1. The van der Waals surface area contributed by atoms with Crippen LogP contribution >= 0.6 is 0 Å². The van der Waals surface area contributed by atoms with Gasteiger partial charge in [0, 0.05) is 13.1 Å². The van der Waals surface area contributed by atoms with Crippen molar-refractivity contribution in [1.29, 1.82) is 0 Å². The van der Waals surface area contributed by atoms with E-state index >= 15 is 0 Å². The summed E-state index contributed by atoms with van der Waals surface area (Å²) in [4.78, 5) is 4.07. The molecule has 3 heterocycles. The van der Waals surface area contributed by atoms with Gasteiger partial charge in [0.15, 0.2) is 0 Å². The topological polar surface area (TPSA) is 65.4 Å². The van der Waals surface area contributed by atoms with Gasteiger partial charge in [-0.2, -0.15) is 0 Å². The largest absolute Gasteiger partial charge is 0.490 e. The fourth-order valence-corrected chi connectivity index (χ4v) is 3.37. The molecule has 3 aliphatic heterocycles. The number of hydrogen-bond donors (Lipinski definition) is 2. The fraction of sp³-hybridized carbons (Fsp3) is 0.789. The molecule has 1 fully saturated rings. The average molecular weight is 390 g/mol. The Morgan fingerprint density at radius 3 is 1.71 bits per heavy atom. The van der Waals surface area contributed by atoms with Crippen molar-refractivity contribution in [3.8, 4) is 0 Å². The third-order valence-corrected chi connectivity index (χ3v) is 6.36. The first kappa shape index (κ1) is 23.7. The standard InChI is InChI=1S/C12H23B2NO3.C7H14BNO/c1-11(2)12(3,4)18-14(17-11)10-6-8-15(9-7-10)13(5)16;1-7-3-5-9(6-4-7)8(2)10/h6,16H,7-9H2,1-5H3;3,10H,4-6H2,1-2H3. The van der Waals surface area contributed by atoms with Crippen LogP contribution in [-0.4, -0.2) is 78.3 Å². The van der Waals surface area contributed by atoms with Crippen molar-refractivity contribution >= 4 is 21.2 Å². The molecule has 2 N–H and O–H groups in total. The zero-order chi connectivity index (χ0) is 21.1. The van der Waals surface area contributed by atoms with Crippen molar-refractivity contribution in [3.63, 3.8) is 0 Å². The third-order valence-electron chi connectivity index (χ3n) is 6.36. The smallest absolute Gasteiger partial charge is 0.437 e. The van der Waals surface area contributed by atoms with Gasteiger partial charge in [-0.1, -0.05) is 17.7 Å². The minimum Gasteiger partial charge on any atom is -0.437 e. The maximum Gasteiger partial charge on any atom is 0.490 e. The van der Waals surface area contributed by atoms with Crippen molar-refractivity contribution in [2.75, 3.05) is 26.2 Å². The second kappa shape index (κ2) is 9.50. The molecule has 0 aromatic carbocycles. The molecule has 0 aromatic rings. The summed E-state index contributed by atoms with van der Waals surface area (Å²) in [6.07, 6.45) is 6.29. The Labute approximate surface area is 172 Å². The van der Waals surface area contributed by atoms with E-state index in [0.717, 1.165) is 39.0 Å². The third kappa shape index (κ3) is 5.97. The number of nitrogens with zero attached hydrogens (tertiary/aromatic N) is 2. The van der Waals surface area contributed by atoms with Gasteiger partial charge in [-0.15, -0.1) is 0 Å². The van der Waals surface area contributed by atoms with E-state index in [9.17, 15) is 5.02 Å². The van der Waals surface area contributed by atoms with Gasteiger partial charge >= 0.3 is 21.2 Å². The van der Waals surface area contributed by atoms with E-state index in [1.54, 1.807) is 6.82 Å². The molecule has 0 amide bonds. The highest BCUT2D eigenvalue weighted by Gasteiger charge is 2.52. The lowest BCUT2D eigenvalue weighted by atomic mass is 9.72. The van der Waals surface area contributed by atoms with E-state index in [-0.39, 0.29) is 32.4 Å². The van der Waals surface area contributed by atoms with E-state index < -0.39 is 0 Å². The first-order valence-corrected chi connectivity index (χ1v) is 10.5. The molecular formula is C19H37B3N2O4. The maximum atomic E-state index is 9.53. The molecule has 3 aliphatic rings. The van der Waals surface area contributed by atoms with Gasteiger partial charge in [0.1, 0.15) is 0 Å². The Hall–Kier alpha value is -0.565. The van der Waals surface area contributed by atoms with E-state index in [1.807, 2.05) is 16.4 Å². The normalized spacial score (nSPS) is 24.8. The summed E-state index contributed by atoms with van der Waals surface area (Å²) in [5.41, 5.74) is 2.09. The quantitative estimate of drug-likeness (QED) is 0.569. The highest BCUT2D eigenvalue weighted by atomic mass is 16.7. The second-order valence-corrected chi connectivity index (χ2v) is 9.17. The summed E-state index contributed by atoms with van der Waals surface area (Å²) in [6.45, 7) is 17.5. The summed E-state index contributed by atoms with van der Waals surface area (Å²) in [6, 6.07) is 0. The fourth-order valence-electron chi connectivity index (χ4n) is 3.37. The van der Waals surface area contributed by atoms with Crippen molar-refractivity contribution in [2.45, 2.75) is 72.3 Å². The van der Waals surface area contributed by atoms with Gasteiger partial charge in [0.05, 0.1) is 11.2 Å². The Morgan fingerprint density at radius 1 is 0.893 bits per heavy atom. The van der Waals surface area contributed by atoms with Crippen LogP contribution in [0.3, 0.4) is 0 Å². The highest BCUT2D eigenvalue weighted by molar-refractivity contribution is 6.54. The number of hydrogen-bond acceptors (Lipinski definition) is 6. The summed E-state index contributed by atoms with van der Waals surface area (Å²) in [7, 11) is -0.906. The monoisotopic (exact) mass is 390 g/mol. The molecule has 0 radical (unpaired) electrons. The van der Waals surface area contributed by atoms with Crippen LogP contribution in [0.2, 0.25) is 13.6 Å². The predicted octanol–water partition coefficient (Wildman–Crippen LogP) is 2.11. The minimum atomic E-state index is -0.388. The van der Waals surface area contributed by atoms with E-state index in [2.05, 4.69) is 46.8 Å². The first-order chi connectivity index (χ1) is 12.9. The van der Waals surface area contributed by atoms with Crippen molar-refractivity contribution in [1.82, 2.24) is 9.62 Å². The summed E-state index contributed by atoms with van der Waals surface area (Å²) in [5.74, 6) is 0. The van der Waals surface area contributed by atoms with Crippen LogP contribution in [0.25, 0.3) is 0 Å². The summed E-state index contributed by atoms with van der Waals surface area (Å²) >= 11 is 0. The van der Waals surface area contributed by atoms with Gasteiger partial charge in [-0.05, 0) is 79.7 Å². The van der Waals surface area contributed by atoms with Crippen LogP contribution in [-0.2, 0) is 9.31 Å². The van der Waals surface area contributed by atoms with Crippen LogP contribution in [0.1, 0.15) is 47.5 Å². The molecule has 0 aliphatic carbocycles. The summed E-state index contributed by atoms with van der Waals surface area (Å²) in [5, 5.41) is 18.7. The zero-order valence-electron chi connectivity index (χ0n) is 18.7. The van der Waals surface area contributed by atoms with Gasteiger partial charge in [0.25, 0.3) is 0 Å². The molecule has 1 saturated heterocycles. The molecule has 0 saturated carbocycles. The first-order valence-electron chi connectivity index (χ1n) is 10.5. The molecule has 9 heteroatoms. The second-order valence-electron chi connectivity index (χ2n) is 9.17. The zero-order valence-corrected chi connectivity index (χ0v) is 18.7. The van der Waals surface area contributed by atoms with E-state index in [4.69, 9.17) is 14.3 Å². The van der Waals surface area contributed by atoms with E-state index in [0.29, 0.717) is 0 Å². The Morgan fingerprint density at radius 2 is 1.36 bits per heavy atom. The number of rotatable bonds is 3. The van der Waals surface area contributed by atoms with Crippen LogP contribution < -0.4 is 0 Å². The average Bonchev–Trinajstić information content (AvgIpc) is 2.83.